The maximum Gasteiger partial charge on any atom is 0.110 e. The number of hydrogen-bond acceptors (Lipinski definition) is 4. The van der Waals surface area contributed by atoms with Crippen LogP contribution in [0, 0.1) is 5.92 Å². The molecule has 0 N–H and O–H groups in total. The molecule has 5 aromatic rings. The van der Waals surface area contributed by atoms with E-state index in [-0.39, 0.29) is 5.92 Å². The minimum atomic E-state index is 0.170. The van der Waals surface area contributed by atoms with Crippen molar-refractivity contribution in [1.29, 1.82) is 0 Å². The van der Waals surface area contributed by atoms with E-state index >= 15 is 0 Å². The molecular formula is C49H44N4S. The molecule has 3 aromatic carbocycles. The average Bonchev–Trinajstić information content (AvgIpc) is 3.50. The molecule has 0 amide bonds. The van der Waals surface area contributed by atoms with Crippen LogP contribution in [-0.2, 0) is 0 Å². The smallest absolute Gasteiger partial charge is 0.110 e. The fraction of sp³-hybridized carbons (Fsp3) is 0.163. The van der Waals surface area contributed by atoms with Gasteiger partial charge in [0.1, 0.15) is 6.67 Å². The van der Waals surface area contributed by atoms with Gasteiger partial charge in [-0.1, -0.05) is 121 Å². The third-order valence-corrected chi connectivity index (χ3v) is 11.6. The largest absolute Gasteiger partial charge is 0.349 e. The van der Waals surface area contributed by atoms with Crippen LogP contribution < -0.4 is 10.6 Å². The molecule has 0 spiro atoms. The summed E-state index contributed by atoms with van der Waals surface area (Å²) in [6, 6.07) is 24.6. The third-order valence-electron chi connectivity index (χ3n) is 10.4. The predicted molar refractivity (Wildman–Crippen MR) is 235 cm³/mol. The SMILES string of the molecule is C=C/C=C\C1C=C(C)CN(C/N=C(\C=C=CN=C)CC)C2=c3c(c4ccccc4n3C3=CC(c4ccc5sc6ccccc6c5c4)=CCC=C3)=CC=C1C2. The molecule has 8 rings (SSSR count). The maximum absolute atomic E-state index is 5.16. The van der Waals surface area contributed by atoms with Gasteiger partial charge in [-0.25, -0.2) is 0 Å². The minimum Gasteiger partial charge on any atom is -0.349 e. The van der Waals surface area contributed by atoms with Gasteiger partial charge in [0.2, 0.25) is 0 Å². The Bertz CT molecular complexity index is 2740. The Morgan fingerprint density at radius 1 is 1.02 bits per heavy atom. The van der Waals surface area contributed by atoms with E-state index < -0.39 is 0 Å². The average molecular weight is 721 g/mol. The van der Waals surface area contributed by atoms with E-state index in [4.69, 9.17) is 4.99 Å². The topological polar surface area (TPSA) is 32.9 Å². The number of fused-ring (bicyclic) bond motifs is 8. The number of para-hydroxylation sites is 1. The number of hydrogen-bond donors (Lipinski definition) is 0. The second kappa shape index (κ2) is 15.5. The van der Waals surface area contributed by atoms with Gasteiger partial charge in [0.25, 0.3) is 0 Å². The molecule has 2 bridgehead atoms. The van der Waals surface area contributed by atoms with Crippen LogP contribution in [-0.4, -0.2) is 35.1 Å². The zero-order valence-corrected chi connectivity index (χ0v) is 31.8. The monoisotopic (exact) mass is 720 g/mol. The first-order chi connectivity index (χ1) is 26.6. The highest BCUT2D eigenvalue weighted by atomic mass is 32.1. The van der Waals surface area contributed by atoms with Crippen molar-refractivity contribution in [3.8, 4) is 0 Å². The zero-order chi connectivity index (χ0) is 37.0. The predicted octanol–water partition coefficient (Wildman–Crippen LogP) is 10.9. The Balaban J connectivity index is 1.36. The normalized spacial score (nSPS) is 17.4. The van der Waals surface area contributed by atoms with Gasteiger partial charge in [-0.2, -0.15) is 0 Å². The molecule has 3 aliphatic rings. The molecule has 2 aromatic heterocycles. The molecule has 54 heavy (non-hydrogen) atoms. The second-order valence-corrected chi connectivity index (χ2v) is 15.0. The third kappa shape index (κ3) is 6.80. The summed E-state index contributed by atoms with van der Waals surface area (Å²) >= 11 is 1.86. The number of allylic oxidation sites excluding steroid dienone is 12. The molecular weight excluding hydrogens is 677 g/mol. The molecule has 0 saturated carbocycles. The van der Waals surface area contributed by atoms with Crippen LogP contribution in [0.4, 0.5) is 0 Å². The highest BCUT2D eigenvalue weighted by Gasteiger charge is 2.25. The number of aromatic nitrogens is 1. The number of aliphatic imine (C=N–C) groups is 2. The number of thiophene rings is 1. The Morgan fingerprint density at radius 3 is 2.70 bits per heavy atom. The van der Waals surface area contributed by atoms with Crippen LogP contribution in [0.25, 0.3) is 54.1 Å². The van der Waals surface area contributed by atoms with Gasteiger partial charge in [-0.05, 0) is 74.0 Å². The molecule has 2 aliphatic carbocycles. The first kappa shape index (κ1) is 35.1. The fourth-order valence-electron chi connectivity index (χ4n) is 7.90. The van der Waals surface area contributed by atoms with Crippen molar-refractivity contribution in [1.82, 2.24) is 9.47 Å². The number of nitrogens with zero attached hydrogens (tertiary/aromatic N) is 4. The Kier molecular flexibility index (Phi) is 10.1. The van der Waals surface area contributed by atoms with Crippen molar-refractivity contribution in [2.24, 2.45) is 15.9 Å². The lowest BCUT2D eigenvalue weighted by Crippen LogP contribution is -2.39. The highest BCUT2D eigenvalue weighted by Crippen LogP contribution is 2.37. The van der Waals surface area contributed by atoms with E-state index in [0.717, 1.165) is 37.2 Å². The van der Waals surface area contributed by atoms with Gasteiger partial charge >= 0.3 is 0 Å². The van der Waals surface area contributed by atoms with Gasteiger partial charge < -0.3 is 9.47 Å². The van der Waals surface area contributed by atoms with E-state index in [2.05, 4.69) is 169 Å². The first-order valence-electron chi connectivity index (χ1n) is 18.7. The van der Waals surface area contributed by atoms with E-state index in [1.165, 1.54) is 69.6 Å². The van der Waals surface area contributed by atoms with E-state index in [1.54, 1.807) is 6.20 Å². The van der Waals surface area contributed by atoms with Crippen molar-refractivity contribution < 1.29 is 0 Å². The molecule has 0 radical (unpaired) electrons. The Morgan fingerprint density at radius 2 is 1.85 bits per heavy atom. The van der Waals surface area contributed by atoms with Gasteiger partial charge in [-0.15, -0.1) is 11.3 Å². The minimum absolute atomic E-state index is 0.170. The molecule has 266 valence electrons. The Labute approximate surface area is 321 Å². The van der Waals surface area contributed by atoms with Crippen molar-refractivity contribution in [2.45, 2.75) is 33.1 Å². The summed E-state index contributed by atoms with van der Waals surface area (Å²) in [6.45, 7) is 13.2. The van der Waals surface area contributed by atoms with E-state index in [9.17, 15) is 0 Å². The van der Waals surface area contributed by atoms with Gasteiger partial charge in [0, 0.05) is 72.8 Å². The van der Waals surface area contributed by atoms with Crippen LogP contribution in [0.15, 0.2) is 167 Å². The van der Waals surface area contributed by atoms with Gasteiger partial charge in [-0.3, -0.25) is 9.98 Å². The zero-order valence-electron chi connectivity index (χ0n) is 31.0. The summed E-state index contributed by atoms with van der Waals surface area (Å²) in [7, 11) is 0. The van der Waals surface area contributed by atoms with Crippen LogP contribution >= 0.6 is 11.3 Å². The highest BCUT2D eigenvalue weighted by molar-refractivity contribution is 7.25. The van der Waals surface area contributed by atoms with E-state index in [0.29, 0.717) is 6.67 Å². The molecule has 5 heteroatoms. The summed E-state index contributed by atoms with van der Waals surface area (Å²) in [5.41, 5.74) is 12.8. The standard InChI is InChI=1S/C49H44N4S/c1-5-7-15-35-28-34(3)32-52(33-51-39(6-2)17-14-27-50-4)46-31-38(35)23-25-43-41-19-10-12-21-45(41)53(49(43)46)40-18-9-8-16-36(29-40)37-24-26-48-44(30-37)42-20-11-13-22-47(42)54-48/h5,7,9-13,15-30,35H,1,4,6,8,31-33H2,2-3H3/b15-7-,34-28?,51-39-. The summed E-state index contributed by atoms with van der Waals surface area (Å²) in [6.07, 6.45) is 28.6. The number of rotatable bonds is 9. The van der Waals surface area contributed by atoms with Gasteiger partial charge in [0.05, 0.1) is 17.1 Å². The van der Waals surface area contributed by atoms with Crippen LogP contribution in [0.1, 0.15) is 38.7 Å². The summed E-state index contributed by atoms with van der Waals surface area (Å²) in [4.78, 5) is 11.5. The molecule has 1 unspecified atom stereocenters. The molecule has 1 aliphatic heterocycles. The summed E-state index contributed by atoms with van der Waals surface area (Å²) in [5, 5.41) is 6.33. The van der Waals surface area contributed by atoms with Gasteiger partial charge in [0.15, 0.2) is 0 Å². The van der Waals surface area contributed by atoms with Crippen molar-refractivity contribution in [2.75, 3.05) is 13.2 Å². The fourth-order valence-corrected chi connectivity index (χ4v) is 8.98. The van der Waals surface area contributed by atoms with Crippen molar-refractivity contribution in [3.05, 3.63) is 173 Å². The Hall–Kier alpha value is -6.00. The quantitative estimate of drug-likeness (QED) is 0.0646. The van der Waals surface area contributed by atoms with E-state index in [1.807, 2.05) is 23.5 Å². The van der Waals surface area contributed by atoms with Crippen LogP contribution in [0.3, 0.4) is 0 Å². The lowest BCUT2D eigenvalue weighted by molar-refractivity contribution is 0.422. The van der Waals surface area contributed by atoms with Crippen molar-refractivity contribution >= 4 is 77.9 Å². The molecule has 3 heterocycles. The number of benzene rings is 3. The first-order valence-corrected chi connectivity index (χ1v) is 19.5. The van der Waals surface area contributed by atoms with Crippen LogP contribution in [0.2, 0.25) is 0 Å². The summed E-state index contributed by atoms with van der Waals surface area (Å²) in [5.74, 6) is 0.170. The molecule has 4 nitrogen and oxygen atoms in total. The molecule has 0 saturated heterocycles. The lowest BCUT2D eigenvalue weighted by atomic mass is 9.90. The van der Waals surface area contributed by atoms with Crippen LogP contribution in [0.5, 0.6) is 0 Å². The summed E-state index contributed by atoms with van der Waals surface area (Å²) < 4.78 is 5.15. The maximum atomic E-state index is 5.16. The lowest BCUT2D eigenvalue weighted by Gasteiger charge is -2.31. The second-order valence-electron chi connectivity index (χ2n) is 13.9. The molecule has 1 atom stereocenters. The molecule has 0 fully saturated rings. The van der Waals surface area contributed by atoms with Crippen molar-refractivity contribution in [3.63, 3.8) is 0 Å².